The fourth-order valence-corrected chi connectivity index (χ4v) is 3.19. The Kier molecular flexibility index (Phi) is 10.5. The van der Waals surface area contributed by atoms with E-state index in [4.69, 9.17) is 5.73 Å². The number of nitrogens with one attached hydrogen (secondary N) is 1. The molecule has 0 saturated heterocycles. The zero-order valence-corrected chi connectivity index (χ0v) is 17.3. The first-order chi connectivity index (χ1) is 10.3. The van der Waals surface area contributed by atoms with Gasteiger partial charge in [0.15, 0.2) is 15.8 Å². The number of sulfone groups is 1. The van der Waals surface area contributed by atoms with Gasteiger partial charge in [-0.2, -0.15) is 0 Å². The highest BCUT2D eigenvalue weighted by Gasteiger charge is 2.10. The lowest BCUT2D eigenvalue weighted by Gasteiger charge is -2.07. The number of unbranched alkanes of at least 4 members (excludes halogenated alkanes) is 3. The maximum atomic E-state index is 11.6. The second kappa shape index (κ2) is 10.9. The van der Waals surface area contributed by atoms with Crippen molar-refractivity contribution >= 4 is 39.8 Å². The number of hydrogen-bond donors (Lipinski definition) is 2. The fraction of sp³-hybridized carbons (Fsp3) is 0.562. The summed E-state index contributed by atoms with van der Waals surface area (Å²) in [5.74, 6) is 0.432. The summed E-state index contributed by atoms with van der Waals surface area (Å²) in [6.07, 6.45) is 5.96. The van der Waals surface area contributed by atoms with E-state index in [1.54, 1.807) is 19.1 Å². The predicted octanol–water partition coefficient (Wildman–Crippen LogP) is 3.00. The van der Waals surface area contributed by atoms with Gasteiger partial charge in [0.2, 0.25) is 0 Å². The Morgan fingerprint density at radius 2 is 1.96 bits per heavy atom. The lowest BCUT2D eigenvalue weighted by Crippen LogP contribution is -2.32. The zero-order valence-electron chi connectivity index (χ0n) is 14.1. The number of aryl methyl sites for hydroxylation is 1. The van der Waals surface area contributed by atoms with Crippen molar-refractivity contribution in [2.24, 2.45) is 10.7 Å². The highest BCUT2D eigenvalue weighted by Crippen LogP contribution is 2.17. The summed E-state index contributed by atoms with van der Waals surface area (Å²) in [5, 5.41) is 3.09. The van der Waals surface area contributed by atoms with E-state index in [-0.39, 0.29) is 24.0 Å². The molecule has 132 valence electrons. The first-order valence-electron chi connectivity index (χ1n) is 7.68. The van der Waals surface area contributed by atoms with Crippen LogP contribution >= 0.6 is 24.0 Å². The maximum absolute atomic E-state index is 11.6. The molecule has 7 heteroatoms. The molecule has 0 atom stereocenters. The van der Waals surface area contributed by atoms with Crippen LogP contribution in [0, 0.1) is 6.92 Å². The lowest BCUT2D eigenvalue weighted by molar-refractivity contribution is 0.601. The first kappa shape index (κ1) is 22.2. The van der Waals surface area contributed by atoms with Gasteiger partial charge in [-0.25, -0.2) is 13.4 Å². The molecule has 0 bridgehead atoms. The van der Waals surface area contributed by atoms with Crippen LogP contribution in [0.5, 0.6) is 0 Å². The Morgan fingerprint density at radius 3 is 2.52 bits per heavy atom. The van der Waals surface area contributed by atoms with Gasteiger partial charge >= 0.3 is 0 Å². The van der Waals surface area contributed by atoms with Crippen molar-refractivity contribution in [1.82, 2.24) is 5.32 Å². The van der Waals surface area contributed by atoms with Crippen molar-refractivity contribution < 1.29 is 8.42 Å². The van der Waals surface area contributed by atoms with Crippen LogP contribution in [0.3, 0.4) is 0 Å². The Hall–Kier alpha value is -0.830. The molecule has 0 spiro atoms. The van der Waals surface area contributed by atoms with Gasteiger partial charge in [-0.05, 0) is 30.5 Å². The Bertz CT molecular complexity index is 616. The van der Waals surface area contributed by atoms with Gasteiger partial charge in [-0.1, -0.05) is 38.3 Å². The van der Waals surface area contributed by atoms with Gasteiger partial charge in [0.05, 0.1) is 11.4 Å². The minimum Gasteiger partial charge on any atom is -0.370 e. The number of benzene rings is 1. The number of nitrogens with zero attached hydrogens (tertiary/aromatic N) is 1. The van der Waals surface area contributed by atoms with E-state index in [0.717, 1.165) is 24.1 Å². The van der Waals surface area contributed by atoms with Crippen molar-refractivity contribution in [3.63, 3.8) is 0 Å². The van der Waals surface area contributed by atoms with Crippen LogP contribution in [-0.4, -0.2) is 27.2 Å². The molecule has 0 fully saturated rings. The summed E-state index contributed by atoms with van der Waals surface area (Å²) in [7, 11) is -3.17. The van der Waals surface area contributed by atoms with E-state index >= 15 is 0 Å². The molecule has 1 rings (SSSR count). The zero-order chi connectivity index (χ0) is 16.6. The third kappa shape index (κ3) is 8.55. The van der Waals surface area contributed by atoms with Crippen LogP contribution in [0.25, 0.3) is 0 Å². The summed E-state index contributed by atoms with van der Waals surface area (Å²) in [6.45, 7) is 5.25. The van der Waals surface area contributed by atoms with E-state index in [0.29, 0.717) is 17.4 Å². The van der Waals surface area contributed by atoms with Crippen LogP contribution in [0.1, 0.15) is 43.7 Å². The van der Waals surface area contributed by atoms with Gasteiger partial charge in [0, 0.05) is 12.8 Å². The second-order valence-corrected chi connectivity index (χ2v) is 7.55. The molecule has 0 saturated carbocycles. The SMILES string of the molecule is CCCCCCNC(N)=NCc1ccc(S(C)(=O)=O)c(C)c1.I. The van der Waals surface area contributed by atoms with Crippen LogP contribution < -0.4 is 11.1 Å². The van der Waals surface area contributed by atoms with Crippen molar-refractivity contribution in [3.8, 4) is 0 Å². The summed E-state index contributed by atoms with van der Waals surface area (Å²) in [6, 6.07) is 5.25. The lowest BCUT2D eigenvalue weighted by atomic mass is 10.1. The smallest absolute Gasteiger partial charge is 0.188 e. The van der Waals surface area contributed by atoms with Gasteiger partial charge in [0.1, 0.15) is 0 Å². The molecule has 0 radical (unpaired) electrons. The van der Waals surface area contributed by atoms with E-state index in [9.17, 15) is 8.42 Å². The Labute approximate surface area is 157 Å². The highest BCUT2D eigenvalue weighted by molar-refractivity contribution is 14.0. The molecule has 1 aromatic carbocycles. The summed E-state index contributed by atoms with van der Waals surface area (Å²) < 4.78 is 23.1. The third-order valence-corrected chi connectivity index (χ3v) is 4.66. The molecule has 3 N–H and O–H groups in total. The summed E-state index contributed by atoms with van der Waals surface area (Å²) in [4.78, 5) is 4.64. The minimum absolute atomic E-state index is 0. The van der Waals surface area contributed by atoms with Crippen LogP contribution in [0.15, 0.2) is 28.1 Å². The van der Waals surface area contributed by atoms with Gasteiger partial charge in [-0.3, -0.25) is 0 Å². The number of nitrogens with two attached hydrogens (primary N) is 1. The molecule has 5 nitrogen and oxygen atoms in total. The molecule has 0 aromatic heterocycles. The second-order valence-electron chi connectivity index (χ2n) is 5.56. The maximum Gasteiger partial charge on any atom is 0.188 e. The number of halogens is 1. The first-order valence-corrected chi connectivity index (χ1v) is 9.57. The quantitative estimate of drug-likeness (QED) is 0.274. The van der Waals surface area contributed by atoms with Crippen molar-refractivity contribution in [2.75, 3.05) is 12.8 Å². The third-order valence-electron chi connectivity index (χ3n) is 3.41. The molecular weight excluding hydrogens is 425 g/mol. The van der Waals surface area contributed by atoms with E-state index in [1.165, 1.54) is 25.5 Å². The molecule has 0 aliphatic carbocycles. The average Bonchev–Trinajstić information content (AvgIpc) is 2.43. The summed E-state index contributed by atoms with van der Waals surface area (Å²) in [5.41, 5.74) is 7.50. The normalized spacial score (nSPS) is 11.9. The number of hydrogen-bond acceptors (Lipinski definition) is 3. The van der Waals surface area contributed by atoms with Crippen molar-refractivity contribution in [1.29, 1.82) is 0 Å². The molecule has 0 heterocycles. The molecule has 1 aromatic rings. The van der Waals surface area contributed by atoms with Crippen molar-refractivity contribution in [3.05, 3.63) is 29.3 Å². The molecule has 0 amide bonds. The molecule has 23 heavy (non-hydrogen) atoms. The largest absolute Gasteiger partial charge is 0.370 e. The molecule has 0 unspecified atom stereocenters. The van der Waals surface area contributed by atoms with Crippen LogP contribution in [0.2, 0.25) is 0 Å². The Balaban J connectivity index is 0.00000484. The standard InChI is InChI=1S/C16H27N3O2S.HI/c1-4-5-6-7-10-18-16(17)19-12-14-8-9-15(13(2)11-14)22(3,20)21;/h8-9,11H,4-7,10,12H2,1-3H3,(H3,17,18,19);1H. The average molecular weight is 453 g/mol. The summed E-state index contributed by atoms with van der Waals surface area (Å²) >= 11 is 0. The highest BCUT2D eigenvalue weighted by atomic mass is 127. The predicted molar refractivity (Wildman–Crippen MR) is 107 cm³/mol. The number of guanidine groups is 1. The minimum atomic E-state index is -3.17. The van der Waals surface area contributed by atoms with Crippen LogP contribution in [0.4, 0.5) is 0 Å². The monoisotopic (exact) mass is 453 g/mol. The van der Waals surface area contributed by atoms with E-state index in [1.807, 2.05) is 6.07 Å². The van der Waals surface area contributed by atoms with Gasteiger partial charge in [-0.15, -0.1) is 24.0 Å². The van der Waals surface area contributed by atoms with Gasteiger partial charge < -0.3 is 11.1 Å². The van der Waals surface area contributed by atoms with E-state index < -0.39 is 9.84 Å². The number of rotatable bonds is 8. The van der Waals surface area contributed by atoms with Gasteiger partial charge in [0.25, 0.3) is 0 Å². The number of aliphatic imine (C=N–C) groups is 1. The Morgan fingerprint density at radius 1 is 1.26 bits per heavy atom. The molecular formula is C16H28IN3O2S. The molecule has 0 aliphatic rings. The van der Waals surface area contributed by atoms with E-state index in [2.05, 4.69) is 17.2 Å². The topological polar surface area (TPSA) is 84.5 Å². The fourth-order valence-electron chi connectivity index (χ4n) is 2.23. The van der Waals surface area contributed by atoms with Crippen molar-refractivity contribution in [2.45, 2.75) is 51.0 Å². The molecule has 0 aliphatic heterocycles. The van der Waals surface area contributed by atoms with Crippen LogP contribution in [-0.2, 0) is 16.4 Å².